The molecule has 0 amide bonds. The van der Waals surface area contributed by atoms with Crippen molar-refractivity contribution in [1.29, 1.82) is 0 Å². The Labute approximate surface area is 463 Å². The van der Waals surface area contributed by atoms with E-state index < -0.39 is 6.10 Å². The summed E-state index contributed by atoms with van der Waals surface area (Å²) < 4.78 is 17.0. The molecule has 74 heavy (non-hydrogen) atoms. The van der Waals surface area contributed by atoms with Crippen LogP contribution in [-0.4, -0.2) is 37.2 Å². The first-order valence-corrected chi connectivity index (χ1v) is 33.6. The molecule has 0 saturated carbocycles. The zero-order valence-corrected chi connectivity index (χ0v) is 51.1. The number of carbonyl (C=O) groups is 3. The Bertz CT molecular complexity index is 1150. The first-order chi connectivity index (χ1) is 36.1. The lowest BCUT2D eigenvalue weighted by atomic mass is 9.99. The van der Waals surface area contributed by atoms with Crippen molar-refractivity contribution in [2.45, 2.75) is 388 Å². The highest BCUT2D eigenvalue weighted by molar-refractivity contribution is 5.71. The summed E-state index contributed by atoms with van der Waals surface area (Å²) in [5.41, 5.74) is 0. The molecule has 0 aromatic carbocycles. The largest absolute Gasteiger partial charge is 0.462 e. The summed E-state index contributed by atoms with van der Waals surface area (Å²) in [5, 5.41) is 0. The highest BCUT2D eigenvalue weighted by Gasteiger charge is 2.20. The van der Waals surface area contributed by atoms with Crippen molar-refractivity contribution in [2.24, 2.45) is 17.8 Å². The Morgan fingerprint density at radius 3 is 0.703 bits per heavy atom. The lowest BCUT2D eigenvalue weighted by Crippen LogP contribution is -2.30. The van der Waals surface area contributed by atoms with Gasteiger partial charge in [0.05, 0.1) is 0 Å². The maximum Gasteiger partial charge on any atom is 0.306 e. The van der Waals surface area contributed by atoms with Crippen LogP contribution in [0.3, 0.4) is 0 Å². The Morgan fingerprint density at radius 1 is 0.270 bits per heavy atom. The van der Waals surface area contributed by atoms with Gasteiger partial charge >= 0.3 is 17.9 Å². The summed E-state index contributed by atoms with van der Waals surface area (Å²) in [7, 11) is 0. The average Bonchev–Trinajstić information content (AvgIpc) is 3.38. The lowest BCUT2D eigenvalue weighted by molar-refractivity contribution is -0.167. The monoisotopic (exact) mass is 1050 g/mol. The molecular formula is C68H132O6. The molecule has 0 heterocycles. The van der Waals surface area contributed by atoms with E-state index in [-0.39, 0.29) is 31.1 Å². The second kappa shape index (κ2) is 59.1. The normalized spacial score (nSPS) is 12.5. The van der Waals surface area contributed by atoms with Gasteiger partial charge in [0.2, 0.25) is 0 Å². The van der Waals surface area contributed by atoms with Crippen LogP contribution >= 0.6 is 0 Å². The van der Waals surface area contributed by atoms with Crippen molar-refractivity contribution >= 4 is 17.9 Å². The van der Waals surface area contributed by atoms with Crippen molar-refractivity contribution < 1.29 is 28.6 Å². The molecule has 0 aliphatic rings. The van der Waals surface area contributed by atoms with Crippen LogP contribution in [0.1, 0.15) is 382 Å². The molecule has 6 nitrogen and oxygen atoms in total. The number of esters is 3. The summed E-state index contributed by atoms with van der Waals surface area (Å²) in [4.78, 5) is 38.4. The predicted octanol–water partition coefficient (Wildman–Crippen LogP) is 22.6. The van der Waals surface area contributed by atoms with Gasteiger partial charge in [0.15, 0.2) is 6.10 Å². The van der Waals surface area contributed by atoms with E-state index in [0.717, 1.165) is 75.5 Å². The first kappa shape index (κ1) is 72.4. The fourth-order valence-corrected chi connectivity index (χ4v) is 10.6. The number of hydrogen-bond acceptors (Lipinski definition) is 6. The van der Waals surface area contributed by atoms with Crippen LogP contribution in [0.5, 0.6) is 0 Å². The summed E-state index contributed by atoms with van der Waals surface area (Å²) in [5.74, 6) is 1.75. The molecule has 0 rings (SSSR count). The Hall–Kier alpha value is -1.59. The minimum Gasteiger partial charge on any atom is -0.462 e. The predicted molar refractivity (Wildman–Crippen MR) is 321 cm³/mol. The van der Waals surface area contributed by atoms with Crippen LogP contribution in [0.2, 0.25) is 0 Å². The van der Waals surface area contributed by atoms with Crippen LogP contribution < -0.4 is 0 Å². The fourth-order valence-electron chi connectivity index (χ4n) is 10.6. The summed E-state index contributed by atoms with van der Waals surface area (Å²) in [6.07, 6.45) is 65.4. The number of carbonyl (C=O) groups excluding carboxylic acids is 3. The van der Waals surface area contributed by atoms with Gasteiger partial charge in [-0.25, -0.2) is 0 Å². The molecule has 440 valence electrons. The topological polar surface area (TPSA) is 78.9 Å². The molecule has 0 bridgehead atoms. The lowest BCUT2D eigenvalue weighted by Gasteiger charge is -2.18. The van der Waals surface area contributed by atoms with Gasteiger partial charge in [0, 0.05) is 19.3 Å². The summed E-state index contributed by atoms with van der Waals surface area (Å²) in [6.45, 7) is 13.9. The number of rotatable bonds is 61. The molecule has 0 radical (unpaired) electrons. The van der Waals surface area contributed by atoms with Crippen LogP contribution in [0.15, 0.2) is 0 Å². The van der Waals surface area contributed by atoms with Crippen LogP contribution in [0.4, 0.5) is 0 Å². The minimum absolute atomic E-state index is 0.0624. The van der Waals surface area contributed by atoms with Crippen LogP contribution in [-0.2, 0) is 28.6 Å². The van der Waals surface area contributed by atoms with E-state index in [2.05, 4.69) is 41.5 Å². The Balaban J connectivity index is 4.24. The Morgan fingerprint density at radius 2 is 0.473 bits per heavy atom. The standard InChI is InChI=1S/C68H132O6/c1-7-64(6)56-50-44-38-32-25-21-17-13-9-11-15-19-23-27-35-41-47-53-59-68(71)74-65(61-73-67(70)58-52-46-40-34-29-28-31-37-43-49-55-63(4)5)60-72-66(69)57-51-45-39-33-26-22-18-14-10-8-12-16-20-24-30-36-42-48-54-62(2)3/h62-65H,7-61H2,1-6H3/t64?,65-/m0/s1. The summed E-state index contributed by atoms with van der Waals surface area (Å²) in [6, 6.07) is 0. The third-order valence-corrected chi connectivity index (χ3v) is 16.0. The van der Waals surface area contributed by atoms with Crippen LogP contribution in [0, 0.1) is 17.8 Å². The number of ether oxygens (including phenoxy) is 3. The zero-order valence-electron chi connectivity index (χ0n) is 51.1. The average molecular weight is 1050 g/mol. The van der Waals surface area contributed by atoms with Gasteiger partial charge in [-0.2, -0.15) is 0 Å². The zero-order chi connectivity index (χ0) is 54.1. The van der Waals surface area contributed by atoms with E-state index in [1.165, 1.54) is 263 Å². The molecule has 6 heteroatoms. The molecule has 0 fully saturated rings. The molecule has 0 aliphatic heterocycles. The molecule has 0 N–H and O–H groups in total. The van der Waals surface area contributed by atoms with Gasteiger partial charge < -0.3 is 14.2 Å². The maximum atomic E-state index is 12.9. The first-order valence-electron chi connectivity index (χ1n) is 33.6. The Kier molecular flexibility index (Phi) is 57.8. The van der Waals surface area contributed by atoms with E-state index >= 15 is 0 Å². The molecule has 0 aromatic rings. The third-order valence-electron chi connectivity index (χ3n) is 16.0. The molecule has 0 aliphatic carbocycles. The van der Waals surface area contributed by atoms with E-state index in [1.807, 2.05) is 0 Å². The second-order valence-corrected chi connectivity index (χ2v) is 24.7. The van der Waals surface area contributed by atoms with Crippen molar-refractivity contribution in [2.75, 3.05) is 13.2 Å². The van der Waals surface area contributed by atoms with Crippen molar-refractivity contribution in [3.05, 3.63) is 0 Å². The molecule has 2 atom stereocenters. The van der Waals surface area contributed by atoms with Crippen LogP contribution in [0.25, 0.3) is 0 Å². The van der Waals surface area contributed by atoms with Crippen molar-refractivity contribution in [1.82, 2.24) is 0 Å². The molecule has 0 saturated heterocycles. The second-order valence-electron chi connectivity index (χ2n) is 24.7. The van der Waals surface area contributed by atoms with Crippen molar-refractivity contribution in [3.8, 4) is 0 Å². The fraction of sp³-hybridized carbons (Fsp3) is 0.956. The minimum atomic E-state index is -0.765. The number of hydrogen-bond donors (Lipinski definition) is 0. The van der Waals surface area contributed by atoms with Gasteiger partial charge in [0.1, 0.15) is 13.2 Å². The summed E-state index contributed by atoms with van der Waals surface area (Å²) >= 11 is 0. The third kappa shape index (κ3) is 59.7. The van der Waals surface area contributed by atoms with Gasteiger partial charge in [-0.15, -0.1) is 0 Å². The molecule has 1 unspecified atom stereocenters. The van der Waals surface area contributed by atoms with E-state index in [0.29, 0.717) is 19.3 Å². The smallest absolute Gasteiger partial charge is 0.306 e. The van der Waals surface area contributed by atoms with Crippen molar-refractivity contribution in [3.63, 3.8) is 0 Å². The van der Waals surface area contributed by atoms with E-state index in [9.17, 15) is 14.4 Å². The quantitative estimate of drug-likeness (QED) is 0.0343. The van der Waals surface area contributed by atoms with E-state index in [1.54, 1.807) is 0 Å². The van der Waals surface area contributed by atoms with E-state index in [4.69, 9.17) is 14.2 Å². The highest BCUT2D eigenvalue weighted by Crippen LogP contribution is 2.20. The number of unbranched alkanes of at least 4 members (excludes halogenated alkanes) is 43. The molecule has 0 spiro atoms. The SMILES string of the molecule is CCC(C)CCCCCCCCCCCCCCCCCCCCC(=O)O[C@@H](COC(=O)CCCCCCCCCCCCCCCCCCCCC(C)C)COC(=O)CCCCCCCCCCCCC(C)C. The molecular weight excluding hydrogens is 913 g/mol. The van der Waals surface area contributed by atoms with Gasteiger partial charge in [-0.1, -0.05) is 343 Å². The van der Waals surface area contributed by atoms with Gasteiger partial charge in [-0.3, -0.25) is 14.4 Å². The highest BCUT2D eigenvalue weighted by atomic mass is 16.6. The van der Waals surface area contributed by atoms with Gasteiger partial charge in [-0.05, 0) is 37.0 Å². The molecule has 0 aromatic heterocycles. The van der Waals surface area contributed by atoms with Gasteiger partial charge in [0.25, 0.3) is 0 Å². The maximum absolute atomic E-state index is 12.9.